The molecule has 5 heteroatoms. The summed E-state index contributed by atoms with van der Waals surface area (Å²) in [6.07, 6.45) is 7.27. The number of hydrogen-bond donors (Lipinski definition) is 2. The number of nitrogens with one attached hydrogen (secondary N) is 1. The van der Waals surface area contributed by atoms with E-state index in [0.29, 0.717) is 17.4 Å². The normalized spacial score (nSPS) is 23.7. The Hall–Kier alpha value is -3.44. The molecule has 4 nitrogen and oxygen atoms in total. The molecular formula is C33H36FNO3. The van der Waals surface area contributed by atoms with E-state index < -0.39 is 5.97 Å². The highest BCUT2D eigenvalue weighted by molar-refractivity contribution is 5.90. The third-order valence-corrected chi connectivity index (χ3v) is 8.65. The van der Waals surface area contributed by atoms with E-state index in [4.69, 9.17) is 4.74 Å². The number of carboxylic acids is 1. The lowest BCUT2D eigenvalue weighted by Crippen LogP contribution is -2.36. The van der Waals surface area contributed by atoms with E-state index in [1.54, 1.807) is 6.07 Å². The summed E-state index contributed by atoms with van der Waals surface area (Å²) in [7, 11) is 0. The molecule has 1 heterocycles. The van der Waals surface area contributed by atoms with Crippen molar-refractivity contribution in [1.29, 1.82) is 0 Å². The van der Waals surface area contributed by atoms with Crippen molar-refractivity contribution in [3.05, 3.63) is 101 Å². The Morgan fingerprint density at radius 1 is 1.13 bits per heavy atom. The summed E-state index contributed by atoms with van der Waals surface area (Å²) >= 11 is 0. The van der Waals surface area contributed by atoms with Gasteiger partial charge >= 0.3 is 5.97 Å². The number of fused-ring (bicyclic) bond motifs is 2. The molecule has 0 spiro atoms. The van der Waals surface area contributed by atoms with E-state index in [9.17, 15) is 14.3 Å². The first-order valence-corrected chi connectivity index (χ1v) is 13.6. The number of carbonyl (C=O) groups is 1. The van der Waals surface area contributed by atoms with E-state index in [2.05, 4.69) is 44.3 Å². The van der Waals surface area contributed by atoms with Crippen LogP contribution in [0.25, 0.3) is 10.8 Å². The molecule has 0 bridgehead atoms. The number of rotatable bonds is 8. The number of halogens is 1. The molecule has 1 unspecified atom stereocenters. The van der Waals surface area contributed by atoms with Crippen molar-refractivity contribution >= 4 is 16.7 Å². The van der Waals surface area contributed by atoms with Gasteiger partial charge in [-0.15, -0.1) is 0 Å². The molecule has 1 aliphatic heterocycles. The van der Waals surface area contributed by atoms with Crippen LogP contribution >= 0.6 is 0 Å². The SMILES string of the molecule is CC1=CC(C(=O)O)=CCC1(C)[C@@H]1C[C@H](CCCN[C@H](C)c2ccc(F)c3ccccc23)Oc2ccccc21. The van der Waals surface area contributed by atoms with Gasteiger partial charge in [-0.05, 0) is 86.2 Å². The fraction of sp³-hybridized carbons (Fsp3) is 0.364. The van der Waals surface area contributed by atoms with Crippen LogP contribution in [0.2, 0.25) is 0 Å². The van der Waals surface area contributed by atoms with Gasteiger partial charge in [0.1, 0.15) is 11.6 Å². The van der Waals surface area contributed by atoms with Crippen LogP contribution in [0.15, 0.2) is 84.0 Å². The van der Waals surface area contributed by atoms with Crippen molar-refractivity contribution in [2.24, 2.45) is 5.41 Å². The molecule has 2 aliphatic rings. The Kier molecular flexibility index (Phi) is 7.40. The fourth-order valence-corrected chi connectivity index (χ4v) is 6.20. The maximum Gasteiger partial charge on any atom is 0.335 e. The number of benzene rings is 3. The molecule has 198 valence electrons. The second kappa shape index (κ2) is 10.7. The summed E-state index contributed by atoms with van der Waals surface area (Å²) < 4.78 is 20.7. The summed E-state index contributed by atoms with van der Waals surface area (Å²) in [5.74, 6) is 0.131. The lowest BCUT2D eigenvalue weighted by Gasteiger charge is -2.45. The van der Waals surface area contributed by atoms with Crippen LogP contribution in [0.3, 0.4) is 0 Å². The molecule has 3 aromatic rings. The van der Waals surface area contributed by atoms with Gasteiger partial charge < -0.3 is 15.2 Å². The van der Waals surface area contributed by atoms with Gasteiger partial charge in [-0.25, -0.2) is 9.18 Å². The van der Waals surface area contributed by atoms with Crippen LogP contribution < -0.4 is 10.1 Å². The highest BCUT2D eigenvalue weighted by atomic mass is 19.1. The predicted molar refractivity (Wildman–Crippen MR) is 150 cm³/mol. The second-order valence-corrected chi connectivity index (χ2v) is 11.0. The predicted octanol–water partition coefficient (Wildman–Crippen LogP) is 7.71. The maximum atomic E-state index is 14.3. The van der Waals surface area contributed by atoms with Gasteiger partial charge in [-0.2, -0.15) is 0 Å². The molecule has 0 saturated carbocycles. The van der Waals surface area contributed by atoms with Crippen LogP contribution in [-0.4, -0.2) is 23.7 Å². The standard InChI is InChI=1S/C33H36FNO3/c1-21-19-23(32(36)37)16-17-33(21,3)29-20-24(38-31-13-7-6-12-28(29)31)9-8-18-35-22(2)25-14-15-30(34)27-11-5-4-10-26(25)27/h4-7,10-16,19,22,24,29,35H,8-9,17-18,20H2,1-3H3,(H,36,37)/t22-,24+,29-,33?/m1/s1. The highest BCUT2D eigenvalue weighted by Gasteiger charge is 2.43. The number of hydrogen-bond acceptors (Lipinski definition) is 3. The van der Waals surface area contributed by atoms with Crippen molar-refractivity contribution in [2.75, 3.05) is 6.54 Å². The molecule has 5 rings (SSSR count). The zero-order valence-electron chi connectivity index (χ0n) is 22.3. The van der Waals surface area contributed by atoms with Crippen molar-refractivity contribution < 1.29 is 19.0 Å². The Morgan fingerprint density at radius 3 is 2.63 bits per heavy atom. The first-order chi connectivity index (χ1) is 18.3. The van der Waals surface area contributed by atoms with Crippen molar-refractivity contribution in [3.8, 4) is 5.75 Å². The van der Waals surface area contributed by atoms with Crippen LogP contribution in [-0.2, 0) is 4.79 Å². The zero-order valence-corrected chi connectivity index (χ0v) is 22.3. The van der Waals surface area contributed by atoms with Gasteiger partial charge in [-0.3, -0.25) is 0 Å². The monoisotopic (exact) mass is 513 g/mol. The smallest absolute Gasteiger partial charge is 0.335 e. The van der Waals surface area contributed by atoms with Crippen LogP contribution in [0.1, 0.15) is 69.5 Å². The van der Waals surface area contributed by atoms with E-state index in [1.165, 1.54) is 5.56 Å². The Labute approximate surface area is 224 Å². The molecule has 0 saturated heterocycles. The minimum absolute atomic E-state index is 0.0909. The second-order valence-electron chi connectivity index (χ2n) is 11.0. The van der Waals surface area contributed by atoms with Crippen molar-refractivity contribution in [3.63, 3.8) is 0 Å². The number of ether oxygens (including phenoxy) is 1. The molecule has 0 fully saturated rings. The molecule has 2 N–H and O–H groups in total. The third kappa shape index (κ3) is 5.00. The summed E-state index contributed by atoms with van der Waals surface area (Å²) in [4.78, 5) is 11.5. The van der Waals surface area contributed by atoms with E-state index in [0.717, 1.165) is 48.1 Å². The van der Waals surface area contributed by atoms with Crippen molar-refractivity contribution in [2.45, 2.75) is 64.5 Å². The third-order valence-electron chi connectivity index (χ3n) is 8.65. The van der Waals surface area contributed by atoms with Crippen LogP contribution in [0.4, 0.5) is 4.39 Å². The maximum absolute atomic E-state index is 14.3. The highest BCUT2D eigenvalue weighted by Crippen LogP contribution is 2.53. The molecule has 38 heavy (non-hydrogen) atoms. The Balaban J connectivity index is 1.25. The van der Waals surface area contributed by atoms with E-state index in [-0.39, 0.29) is 29.3 Å². The Bertz CT molecular complexity index is 1410. The van der Waals surface area contributed by atoms with E-state index in [1.807, 2.05) is 48.6 Å². The minimum atomic E-state index is -0.869. The van der Waals surface area contributed by atoms with Gasteiger partial charge in [0.15, 0.2) is 0 Å². The largest absolute Gasteiger partial charge is 0.490 e. The minimum Gasteiger partial charge on any atom is -0.490 e. The van der Waals surface area contributed by atoms with E-state index >= 15 is 0 Å². The molecule has 4 atom stereocenters. The lowest BCUT2D eigenvalue weighted by atomic mass is 9.62. The average molecular weight is 514 g/mol. The topological polar surface area (TPSA) is 58.6 Å². The molecule has 0 amide bonds. The lowest BCUT2D eigenvalue weighted by molar-refractivity contribution is -0.132. The van der Waals surface area contributed by atoms with Gasteiger partial charge in [0.05, 0.1) is 11.7 Å². The van der Waals surface area contributed by atoms with Crippen LogP contribution in [0, 0.1) is 11.2 Å². The van der Waals surface area contributed by atoms with Crippen LogP contribution in [0.5, 0.6) is 5.75 Å². The zero-order chi connectivity index (χ0) is 26.9. The van der Waals surface area contributed by atoms with Gasteiger partial charge in [0.25, 0.3) is 0 Å². The van der Waals surface area contributed by atoms with Gasteiger partial charge in [-0.1, -0.05) is 67.1 Å². The first kappa shape index (κ1) is 26.2. The number of allylic oxidation sites excluding steroid dienone is 2. The van der Waals surface area contributed by atoms with Gasteiger partial charge in [0.2, 0.25) is 0 Å². The summed E-state index contributed by atoms with van der Waals surface area (Å²) in [5.41, 5.74) is 3.64. The molecule has 0 aromatic heterocycles. The summed E-state index contributed by atoms with van der Waals surface area (Å²) in [6.45, 7) is 7.28. The summed E-state index contributed by atoms with van der Waals surface area (Å²) in [6, 6.07) is 19.5. The quantitative estimate of drug-likeness (QED) is 0.303. The first-order valence-electron chi connectivity index (χ1n) is 13.6. The van der Waals surface area contributed by atoms with Crippen molar-refractivity contribution in [1.82, 2.24) is 5.32 Å². The van der Waals surface area contributed by atoms with Gasteiger partial charge in [0, 0.05) is 17.3 Å². The average Bonchev–Trinajstić information content (AvgIpc) is 2.92. The molecule has 3 aromatic carbocycles. The molecule has 1 aliphatic carbocycles. The summed E-state index contributed by atoms with van der Waals surface area (Å²) in [5, 5.41) is 14.7. The molecular weight excluding hydrogens is 477 g/mol. The Morgan fingerprint density at radius 2 is 1.87 bits per heavy atom. The number of para-hydroxylation sites is 1. The number of aliphatic carboxylic acids is 1. The fourth-order valence-electron chi connectivity index (χ4n) is 6.20. The molecule has 0 radical (unpaired) electrons. The number of carboxylic acid groups (broad SMARTS) is 1.